The molecule has 0 radical (unpaired) electrons. The van der Waals surface area contributed by atoms with E-state index >= 15 is 0 Å². The molecule has 1 aliphatic heterocycles. The van der Waals surface area contributed by atoms with Crippen molar-refractivity contribution < 1.29 is 4.74 Å². The molecule has 0 spiro atoms. The Morgan fingerprint density at radius 3 is 2.67 bits per heavy atom. The molecule has 0 saturated carbocycles. The quantitative estimate of drug-likeness (QED) is 0.534. The number of halogens is 1. The summed E-state index contributed by atoms with van der Waals surface area (Å²) in [5, 5.41) is 0.804. The zero-order chi connectivity index (χ0) is 12.9. The van der Waals surface area contributed by atoms with Crippen LogP contribution in [-0.4, -0.2) is 0 Å². The highest BCUT2D eigenvalue weighted by molar-refractivity contribution is 7.99. The molecule has 2 aromatic carbocycles. The van der Waals surface area contributed by atoms with E-state index in [1.807, 2.05) is 19.9 Å². The highest BCUT2D eigenvalue weighted by atomic mass is 35.5. The van der Waals surface area contributed by atoms with E-state index in [9.17, 15) is 0 Å². The van der Waals surface area contributed by atoms with Gasteiger partial charge in [-0.25, -0.2) is 0 Å². The van der Waals surface area contributed by atoms with Gasteiger partial charge in [0.1, 0.15) is 11.5 Å². The normalized spacial score (nSPS) is 12.7. The topological polar surface area (TPSA) is 9.23 Å². The maximum absolute atomic E-state index is 6.23. The van der Waals surface area contributed by atoms with Crippen LogP contribution in [0.15, 0.2) is 34.1 Å². The fourth-order valence-corrected chi connectivity index (χ4v) is 3.50. The van der Waals surface area contributed by atoms with E-state index in [0.717, 1.165) is 37.4 Å². The molecule has 0 unspecified atom stereocenters. The first-order valence-corrected chi connectivity index (χ1v) is 7.02. The summed E-state index contributed by atoms with van der Waals surface area (Å²) in [6.45, 7) is 6.14. The molecule has 0 saturated heterocycles. The second-order valence-corrected chi connectivity index (χ2v) is 6.07. The molecule has 0 N–H and O–H groups in total. The van der Waals surface area contributed by atoms with E-state index in [1.165, 1.54) is 5.56 Å². The number of hydrogen-bond acceptors (Lipinski definition) is 2. The molecule has 0 fully saturated rings. The zero-order valence-electron chi connectivity index (χ0n) is 10.5. The summed E-state index contributed by atoms with van der Waals surface area (Å²) < 4.78 is 6.05. The standard InChI is InChI=1S/C15H13ClOS/c1-8-4-5-13-12(6-8)17-14-9(2)7-11(16)10(3)15(14)18-13/h4-7H,1-3H3. The summed E-state index contributed by atoms with van der Waals surface area (Å²) in [5.74, 6) is 1.89. The summed E-state index contributed by atoms with van der Waals surface area (Å²) in [5.41, 5.74) is 3.38. The third kappa shape index (κ3) is 1.80. The number of aryl methyl sites for hydroxylation is 2. The number of benzene rings is 2. The Hall–Kier alpha value is -1.12. The average Bonchev–Trinajstić information content (AvgIpc) is 2.34. The van der Waals surface area contributed by atoms with Crippen molar-refractivity contribution in [3.8, 4) is 11.5 Å². The van der Waals surface area contributed by atoms with Crippen LogP contribution in [0, 0.1) is 20.8 Å². The fraction of sp³-hybridized carbons (Fsp3) is 0.200. The van der Waals surface area contributed by atoms with Gasteiger partial charge < -0.3 is 4.74 Å². The van der Waals surface area contributed by atoms with E-state index in [-0.39, 0.29) is 0 Å². The van der Waals surface area contributed by atoms with Crippen molar-refractivity contribution in [2.24, 2.45) is 0 Å². The molecule has 0 aromatic heterocycles. The average molecular weight is 277 g/mol. The van der Waals surface area contributed by atoms with Crippen LogP contribution in [0.5, 0.6) is 11.5 Å². The first kappa shape index (κ1) is 11.9. The van der Waals surface area contributed by atoms with Crippen LogP contribution in [0.4, 0.5) is 0 Å². The Labute approximate surface area is 116 Å². The molecule has 0 atom stereocenters. The molecule has 92 valence electrons. The minimum Gasteiger partial charge on any atom is -0.455 e. The lowest BCUT2D eigenvalue weighted by atomic mass is 10.1. The summed E-state index contributed by atoms with van der Waals surface area (Å²) in [7, 11) is 0. The number of rotatable bonds is 0. The lowest BCUT2D eigenvalue weighted by Gasteiger charge is -2.23. The van der Waals surface area contributed by atoms with Gasteiger partial charge in [-0.05, 0) is 55.7 Å². The van der Waals surface area contributed by atoms with Gasteiger partial charge in [0, 0.05) is 5.02 Å². The largest absolute Gasteiger partial charge is 0.455 e. The van der Waals surface area contributed by atoms with Crippen molar-refractivity contribution in [1.82, 2.24) is 0 Å². The van der Waals surface area contributed by atoms with Crippen LogP contribution in [0.3, 0.4) is 0 Å². The molecule has 1 aliphatic rings. The van der Waals surface area contributed by atoms with Crippen LogP contribution in [0.1, 0.15) is 16.7 Å². The van der Waals surface area contributed by atoms with Crippen molar-refractivity contribution in [3.63, 3.8) is 0 Å². The Balaban J connectivity index is 2.19. The summed E-state index contributed by atoms with van der Waals surface area (Å²) >= 11 is 7.97. The van der Waals surface area contributed by atoms with Gasteiger partial charge in [0.2, 0.25) is 0 Å². The first-order valence-electron chi connectivity index (χ1n) is 5.82. The number of hydrogen-bond donors (Lipinski definition) is 0. The van der Waals surface area contributed by atoms with Gasteiger partial charge in [-0.15, -0.1) is 0 Å². The number of ether oxygens (including phenoxy) is 1. The predicted molar refractivity (Wildman–Crippen MR) is 76.3 cm³/mol. The third-order valence-electron chi connectivity index (χ3n) is 3.13. The van der Waals surface area contributed by atoms with Gasteiger partial charge in [-0.3, -0.25) is 0 Å². The van der Waals surface area contributed by atoms with Crippen molar-refractivity contribution >= 4 is 23.4 Å². The van der Waals surface area contributed by atoms with Gasteiger partial charge in [0.25, 0.3) is 0 Å². The van der Waals surface area contributed by atoms with Crippen LogP contribution in [0.2, 0.25) is 5.02 Å². The first-order chi connectivity index (χ1) is 8.56. The summed E-state index contributed by atoms with van der Waals surface area (Å²) in [4.78, 5) is 2.29. The molecule has 2 aromatic rings. The van der Waals surface area contributed by atoms with E-state index < -0.39 is 0 Å². The van der Waals surface area contributed by atoms with Crippen molar-refractivity contribution in [1.29, 1.82) is 0 Å². The predicted octanol–water partition coefficient (Wildman–Crippen LogP) is 5.52. The summed E-state index contributed by atoms with van der Waals surface area (Å²) in [6, 6.07) is 8.26. The van der Waals surface area contributed by atoms with E-state index in [1.54, 1.807) is 11.8 Å². The second kappa shape index (κ2) is 4.22. The zero-order valence-corrected chi connectivity index (χ0v) is 12.1. The Morgan fingerprint density at radius 1 is 1.11 bits per heavy atom. The molecule has 1 nitrogen and oxygen atoms in total. The SMILES string of the molecule is Cc1ccc2c(c1)Oc1c(C)cc(Cl)c(C)c1S2. The summed E-state index contributed by atoms with van der Waals surface area (Å²) in [6.07, 6.45) is 0. The molecule has 0 bridgehead atoms. The molecule has 18 heavy (non-hydrogen) atoms. The van der Waals surface area contributed by atoms with E-state index in [2.05, 4.69) is 25.1 Å². The van der Waals surface area contributed by atoms with E-state index in [4.69, 9.17) is 16.3 Å². The highest BCUT2D eigenvalue weighted by Gasteiger charge is 2.22. The highest BCUT2D eigenvalue weighted by Crippen LogP contribution is 2.51. The fourth-order valence-electron chi connectivity index (χ4n) is 2.07. The van der Waals surface area contributed by atoms with Gasteiger partial charge in [0.15, 0.2) is 0 Å². The monoisotopic (exact) mass is 276 g/mol. The molecule has 0 amide bonds. The van der Waals surface area contributed by atoms with Crippen LogP contribution >= 0.6 is 23.4 Å². The molecular weight excluding hydrogens is 264 g/mol. The molecular formula is C15H13ClOS. The second-order valence-electron chi connectivity index (χ2n) is 4.61. The Bertz CT molecular complexity index is 649. The van der Waals surface area contributed by atoms with Gasteiger partial charge in [-0.2, -0.15) is 0 Å². The maximum atomic E-state index is 6.23. The van der Waals surface area contributed by atoms with Crippen LogP contribution in [-0.2, 0) is 0 Å². The lowest BCUT2D eigenvalue weighted by molar-refractivity contribution is 0.449. The minimum absolute atomic E-state index is 0.804. The van der Waals surface area contributed by atoms with Gasteiger partial charge >= 0.3 is 0 Å². The van der Waals surface area contributed by atoms with Gasteiger partial charge in [0.05, 0.1) is 9.79 Å². The lowest BCUT2D eigenvalue weighted by Crippen LogP contribution is -2.00. The minimum atomic E-state index is 0.804. The molecule has 1 heterocycles. The van der Waals surface area contributed by atoms with Crippen LogP contribution in [0.25, 0.3) is 0 Å². The smallest absolute Gasteiger partial charge is 0.144 e. The van der Waals surface area contributed by atoms with Crippen molar-refractivity contribution in [2.75, 3.05) is 0 Å². The Morgan fingerprint density at radius 2 is 1.89 bits per heavy atom. The Kier molecular flexibility index (Phi) is 2.80. The van der Waals surface area contributed by atoms with Crippen molar-refractivity contribution in [3.05, 3.63) is 46.0 Å². The third-order valence-corrected chi connectivity index (χ3v) is 4.78. The van der Waals surface area contributed by atoms with E-state index in [0.29, 0.717) is 0 Å². The molecule has 3 heteroatoms. The maximum Gasteiger partial charge on any atom is 0.144 e. The molecule has 0 aliphatic carbocycles. The van der Waals surface area contributed by atoms with Crippen LogP contribution < -0.4 is 4.74 Å². The molecule has 3 rings (SSSR count). The van der Waals surface area contributed by atoms with Crippen molar-refractivity contribution in [2.45, 2.75) is 30.6 Å². The number of fused-ring (bicyclic) bond motifs is 2. The van der Waals surface area contributed by atoms with Gasteiger partial charge in [-0.1, -0.05) is 29.4 Å².